The zero-order valence-electron chi connectivity index (χ0n) is 17.0. The fraction of sp³-hybridized carbons (Fsp3) is 0.381. The molecule has 0 unspecified atom stereocenters. The number of halogens is 1. The molecule has 0 fully saturated rings. The van der Waals surface area contributed by atoms with Crippen LogP contribution in [-0.4, -0.2) is 37.7 Å². The van der Waals surface area contributed by atoms with Crippen molar-refractivity contribution >= 4 is 50.1 Å². The maximum Gasteiger partial charge on any atom is 0.344 e. The summed E-state index contributed by atoms with van der Waals surface area (Å²) in [5, 5.41) is 4.85. The van der Waals surface area contributed by atoms with Crippen LogP contribution in [0, 0.1) is 5.92 Å². The highest BCUT2D eigenvalue weighted by Gasteiger charge is 2.22. The number of thiophene rings is 1. The molecule has 1 N–H and O–H groups in total. The number of rotatable bonds is 10. The molecule has 7 nitrogen and oxygen atoms in total. The molecule has 162 valence electrons. The van der Waals surface area contributed by atoms with E-state index in [-0.39, 0.29) is 13.2 Å². The smallest absolute Gasteiger partial charge is 0.344 e. The van der Waals surface area contributed by atoms with Crippen LogP contribution >= 0.6 is 27.3 Å². The van der Waals surface area contributed by atoms with Crippen LogP contribution < -0.4 is 10.1 Å². The minimum Gasteiger partial charge on any atom is -0.482 e. The van der Waals surface area contributed by atoms with Crippen molar-refractivity contribution < 1.29 is 28.6 Å². The molecule has 0 atom stereocenters. The largest absolute Gasteiger partial charge is 0.482 e. The number of hydrogen-bond donors (Lipinski definition) is 1. The minimum atomic E-state index is -0.676. The van der Waals surface area contributed by atoms with Gasteiger partial charge in [-0.15, -0.1) is 11.3 Å². The van der Waals surface area contributed by atoms with Gasteiger partial charge in [0, 0.05) is 4.47 Å². The van der Waals surface area contributed by atoms with E-state index in [2.05, 4.69) is 21.2 Å². The van der Waals surface area contributed by atoms with E-state index in [4.69, 9.17) is 14.2 Å². The highest BCUT2D eigenvalue weighted by molar-refractivity contribution is 9.10. The van der Waals surface area contributed by atoms with Crippen LogP contribution in [0.2, 0.25) is 0 Å². The van der Waals surface area contributed by atoms with Crippen molar-refractivity contribution in [3.05, 3.63) is 45.2 Å². The van der Waals surface area contributed by atoms with E-state index in [1.54, 1.807) is 31.2 Å². The maximum absolute atomic E-state index is 12.3. The van der Waals surface area contributed by atoms with Gasteiger partial charge in [0.05, 0.1) is 12.2 Å². The first-order valence-electron chi connectivity index (χ1n) is 9.41. The molecular weight excluding hydrogens is 474 g/mol. The van der Waals surface area contributed by atoms with Gasteiger partial charge in [-0.25, -0.2) is 9.59 Å². The molecule has 0 spiro atoms. The summed E-state index contributed by atoms with van der Waals surface area (Å²) < 4.78 is 16.3. The van der Waals surface area contributed by atoms with Crippen LogP contribution in [0.3, 0.4) is 0 Å². The fourth-order valence-electron chi connectivity index (χ4n) is 2.53. The second-order valence-electron chi connectivity index (χ2n) is 6.73. The van der Waals surface area contributed by atoms with Crippen molar-refractivity contribution in [1.82, 2.24) is 0 Å². The summed E-state index contributed by atoms with van der Waals surface area (Å²) >= 11 is 4.55. The van der Waals surface area contributed by atoms with Gasteiger partial charge in [0.2, 0.25) is 0 Å². The number of carbonyl (C=O) groups is 3. The predicted octanol–water partition coefficient (Wildman–Crippen LogP) is 4.45. The second-order valence-corrected chi connectivity index (χ2v) is 8.53. The number of amides is 1. The third-order valence-corrected chi connectivity index (χ3v) is 5.24. The second kappa shape index (κ2) is 11.7. The molecule has 0 saturated heterocycles. The summed E-state index contributed by atoms with van der Waals surface area (Å²) in [6.45, 7) is 5.24. The molecule has 1 aromatic carbocycles. The SMILES string of the molecule is CCOC(=O)c1c(CC(C)C)csc1NC(=O)COC(=O)COc1ccc(Br)cc1. The Morgan fingerprint density at radius 2 is 1.80 bits per heavy atom. The molecule has 0 aliphatic rings. The van der Waals surface area contributed by atoms with Crippen LogP contribution in [0.5, 0.6) is 5.75 Å². The molecule has 1 aromatic heterocycles. The summed E-state index contributed by atoms with van der Waals surface area (Å²) in [6.07, 6.45) is 0.683. The van der Waals surface area contributed by atoms with Crippen molar-refractivity contribution in [2.24, 2.45) is 5.92 Å². The lowest BCUT2D eigenvalue weighted by molar-refractivity contribution is -0.149. The zero-order valence-corrected chi connectivity index (χ0v) is 19.4. The summed E-state index contributed by atoms with van der Waals surface area (Å²) in [4.78, 5) is 36.4. The molecule has 30 heavy (non-hydrogen) atoms. The normalized spacial score (nSPS) is 10.6. The van der Waals surface area contributed by atoms with Crippen molar-refractivity contribution in [3.8, 4) is 5.75 Å². The number of anilines is 1. The molecular formula is C21H24BrNO6S. The van der Waals surface area contributed by atoms with E-state index < -0.39 is 24.5 Å². The van der Waals surface area contributed by atoms with Gasteiger partial charge in [0.1, 0.15) is 10.8 Å². The lowest BCUT2D eigenvalue weighted by Crippen LogP contribution is -2.24. The van der Waals surface area contributed by atoms with Crippen LogP contribution in [-0.2, 0) is 25.5 Å². The van der Waals surface area contributed by atoms with Gasteiger partial charge in [0.15, 0.2) is 13.2 Å². The van der Waals surface area contributed by atoms with E-state index in [9.17, 15) is 14.4 Å². The Bertz CT molecular complexity index is 878. The molecule has 0 aliphatic heterocycles. The van der Waals surface area contributed by atoms with Gasteiger partial charge in [-0.05, 0) is 54.5 Å². The Balaban J connectivity index is 1.90. The third-order valence-electron chi connectivity index (χ3n) is 3.76. The Morgan fingerprint density at radius 1 is 1.10 bits per heavy atom. The lowest BCUT2D eigenvalue weighted by Gasteiger charge is -2.10. The monoisotopic (exact) mass is 497 g/mol. The molecule has 1 heterocycles. The Kier molecular flexibility index (Phi) is 9.32. The van der Waals surface area contributed by atoms with E-state index in [1.165, 1.54) is 11.3 Å². The molecule has 0 aliphatic carbocycles. The van der Waals surface area contributed by atoms with Gasteiger partial charge in [-0.3, -0.25) is 4.79 Å². The average molecular weight is 498 g/mol. The number of ether oxygens (including phenoxy) is 3. The highest BCUT2D eigenvalue weighted by Crippen LogP contribution is 2.31. The number of carbonyl (C=O) groups excluding carboxylic acids is 3. The van der Waals surface area contributed by atoms with Crippen LogP contribution in [0.4, 0.5) is 5.00 Å². The molecule has 0 saturated carbocycles. The quantitative estimate of drug-likeness (QED) is 0.487. The Labute approximate surface area is 187 Å². The molecule has 2 aromatic rings. The standard InChI is InChI=1S/C21H24BrNO6S/c1-4-27-21(26)19-14(9-13(2)3)12-30-20(19)23-17(24)10-29-18(25)11-28-16-7-5-15(22)6-8-16/h5-8,12-13H,4,9-11H2,1-3H3,(H,23,24). The average Bonchev–Trinajstić information content (AvgIpc) is 3.07. The Morgan fingerprint density at radius 3 is 2.43 bits per heavy atom. The van der Waals surface area contributed by atoms with E-state index >= 15 is 0 Å². The summed E-state index contributed by atoms with van der Waals surface area (Å²) in [5.41, 5.74) is 1.18. The van der Waals surface area contributed by atoms with Gasteiger partial charge >= 0.3 is 11.9 Å². The maximum atomic E-state index is 12.3. The van der Waals surface area contributed by atoms with E-state index in [1.807, 2.05) is 19.2 Å². The summed E-state index contributed by atoms with van der Waals surface area (Å²) in [6, 6.07) is 6.96. The zero-order chi connectivity index (χ0) is 22.1. The van der Waals surface area contributed by atoms with Gasteiger partial charge in [-0.1, -0.05) is 29.8 Å². The van der Waals surface area contributed by atoms with E-state index in [0.29, 0.717) is 28.7 Å². The van der Waals surface area contributed by atoms with Crippen LogP contribution in [0.25, 0.3) is 0 Å². The Hall–Kier alpha value is -2.39. The van der Waals surface area contributed by atoms with Crippen molar-refractivity contribution in [2.45, 2.75) is 27.2 Å². The summed E-state index contributed by atoms with van der Waals surface area (Å²) in [5.74, 6) is -0.858. The summed E-state index contributed by atoms with van der Waals surface area (Å²) in [7, 11) is 0. The molecule has 0 bridgehead atoms. The van der Waals surface area contributed by atoms with Gasteiger partial charge in [0.25, 0.3) is 5.91 Å². The predicted molar refractivity (Wildman–Crippen MR) is 118 cm³/mol. The van der Waals surface area contributed by atoms with Crippen molar-refractivity contribution in [2.75, 3.05) is 25.1 Å². The molecule has 2 rings (SSSR count). The minimum absolute atomic E-state index is 0.235. The molecule has 1 amide bonds. The number of esters is 2. The number of benzene rings is 1. The first kappa shape index (κ1) is 23.9. The van der Waals surface area contributed by atoms with Crippen molar-refractivity contribution in [1.29, 1.82) is 0 Å². The fourth-order valence-corrected chi connectivity index (χ4v) is 3.77. The molecule has 0 radical (unpaired) electrons. The first-order valence-corrected chi connectivity index (χ1v) is 11.1. The number of hydrogen-bond acceptors (Lipinski definition) is 7. The van der Waals surface area contributed by atoms with E-state index in [0.717, 1.165) is 10.0 Å². The molecule has 9 heteroatoms. The van der Waals surface area contributed by atoms with Gasteiger partial charge < -0.3 is 19.5 Å². The third kappa shape index (κ3) is 7.46. The first-order chi connectivity index (χ1) is 14.3. The topological polar surface area (TPSA) is 90.9 Å². The van der Waals surface area contributed by atoms with Gasteiger partial charge in [-0.2, -0.15) is 0 Å². The van der Waals surface area contributed by atoms with Crippen LogP contribution in [0.1, 0.15) is 36.7 Å². The lowest BCUT2D eigenvalue weighted by atomic mass is 10.0. The van der Waals surface area contributed by atoms with Crippen molar-refractivity contribution in [3.63, 3.8) is 0 Å². The van der Waals surface area contributed by atoms with Crippen LogP contribution in [0.15, 0.2) is 34.1 Å². The highest BCUT2D eigenvalue weighted by atomic mass is 79.9. The number of nitrogens with one attached hydrogen (secondary N) is 1.